The van der Waals surface area contributed by atoms with Gasteiger partial charge in [-0.15, -0.1) is 0 Å². The van der Waals surface area contributed by atoms with Gasteiger partial charge >= 0.3 is 12.0 Å². The number of anilines is 1. The third-order valence-electron chi connectivity index (χ3n) is 4.65. The summed E-state index contributed by atoms with van der Waals surface area (Å²) in [4.78, 5) is 35.0. The number of benzene rings is 2. The van der Waals surface area contributed by atoms with E-state index in [4.69, 9.17) is 34.7 Å². The Kier molecular flexibility index (Phi) is 6.19. The molecule has 0 saturated heterocycles. The summed E-state index contributed by atoms with van der Waals surface area (Å²) >= 11 is 12.5. The number of carbonyl (C=O) groups excluding carboxylic acids is 2. The van der Waals surface area contributed by atoms with Crippen LogP contribution in [-0.4, -0.2) is 29.1 Å². The van der Waals surface area contributed by atoms with Crippen molar-refractivity contribution in [3.63, 3.8) is 0 Å². The minimum atomic E-state index is -1.09. The van der Waals surface area contributed by atoms with Gasteiger partial charge in [-0.2, -0.15) is 0 Å². The molecule has 0 bridgehead atoms. The molecule has 7 N–H and O–H groups in total. The van der Waals surface area contributed by atoms with Crippen molar-refractivity contribution in [2.75, 3.05) is 5.32 Å². The number of nitrogens with one attached hydrogen (secondary N) is 2. The molecule has 2 aromatic rings. The SMILES string of the molecule is NC(=O)NCc1ccc(/C(C(N)=O)=C2/CC(C(=O)O)Nc3cc(Cl)cc(Cl)c32)cc1. The lowest BCUT2D eigenvalue weighted by molar-refractivity contribution is -0.137. The van der Waals surface area contributed by atoms with Gasteiger partial charge in [0.1, 0.15) is 6.04 Å². The van der Waals surface area contributed by atoms with E-state index >= 15 is 0 Å². The lowest BCUT2D eigenvalue weighted by Crippen LogP contribution is -2.33. The second kappa shape index (κ2) is 8.64. The zero-order valence-electron chi connectivity index (χ0n) is 15.5. The van der Waals surface area contributed by atoms with Gasteiger partial charge in [0.15, 0.2) is 0 Å². The fourth-order valence-corrected chi connectivity index (χ4v) is 3.97. The van der Waals surface area contributed by atoms with Crippen LogP contribution in [0, 0.1) is 0 Å². The maximum atomic E-state index is 12.4. The number of nitrogens with two attached hydrogens (primary N) is 2. The Balaban J connectivity index is 2.15. The van der Waals surface area contributed by atoms with Gasteiger partial charge in [0.2, 0.25) is 5.91 Å². The summed E-state index contributed by atoms with van der Waals surface area (Å²) < 4.78 is 0. The Morgan fingerprint density at radius 1 is 1.13 bits per heavy atom. The molecule has 2 aromatic carbocycles. The average molecular weight is 449 g/mol. The van der Waals surface area contributed by atoms with Crippen LogP contribution in [0.5, 0.6) is 0 Å². The van der Waals surface area contributed by atoms with Crippen LogP contribution in [0.1, 0.15) is 23.1 Å². The normalized spacial score (nSPS) is 16.8. The Bertz CT molecular complexity index is 1070. The highest BCUT2D eigenvalue weighted by atomic mass is 35.5. The predicted octanol–water partition coefficient (Wildman–Crippen LogP) is 2.83. The lowest BCUT2D eigenvalue weighted by atomic mass is 9.85. The highest BCUT2D eigenvalue weighted by molar-refractivity contribution is 6.38. The maximum absolute atomic E-state index is 12.4. The van der Waals surface area contributed by atoms with Gasteiger partial charge in [0.25, 0.3) is 0 Å². The zero-order chi connectivity index (χ0) is 22.0. The minimum absolute atomic E-state index is 0.00700. The number of carbonyl (C=O) groups is 3. The highest BCUT2D eigenvalue weighted by Crippen LogP contribution is 2.43. The fourth-order valence-electron chi connectivity index (χ4n) is 3.36. The quantitative estimate of drug-likeness (QED) is 0.446. The van der Waals surface area contributed by atoms with Gasteiger partial charge in [-0.3, -0.25) is 4.79 Å². The molecule has 10 heteroatoms. The Hall–Kier alpha value is -3.23. The first-order valence-electron chi connectivity index (χ1n) is 8.81. The van der Waals surface area contributed by atoms with Gasteiger partial charge in [-0.05, 0) is 28.8 Å². The third-order valence-corrected chi connectivity index (χ3v) is 5.17. The standard InChI is InChI=1S/C20H18Cl2N4O4/c21-11-5-13(22)17-12(7-15(19(28)29)26-14(17)6-11)16(18(23)27)10-3-1-9(2-4-10)8-25-20(24)30/h1-6,15,26H,7-8H2,(H2,23,27)(H,28,29)(H3,24,25,30)/b16-12+. The van der Waals surface area contributed by atoms with Crippen LogP contribution in [0.25, 0.3) is 11.1 Å². The van der Waals surface area contributed by atoms with Crippen LogP contribution in [0.15, 0.2) is 36.4 Å². The summed E-state index contributed by atoms with van der Waals surface area (Å²) in [6.07, 6.45) is -0.00700. The number of carboxylic acid groups (broad SMARTS) is 1. The molecule has 3 amide bonds. The number of aliphatic carboxylic acids is 1. The van der Waals surface area contributed by atoms with Crippen molar-refractivity contribution in [3.05, 3.63) is 63.1 Å². The van der Waals surface area contributed by atoms with Crippen LogP contribution in [-0.2, 0) is 16.1 Å². The minimum Gasteiger partial charge on any atom is -0.480 e. The van der Waals surface area contributed by atoms with Crippen molar-refractivity contribution in [3.8, 4) is 0 Å². The predicted molar refractivity (Wildman–Crippen MR) is 115 cm³/mol. The first-order valence-corrected chi connectivity index (χ1v) is 9.57. The molecular formula is C20H18Cl2N4O4. The number of urea groups is 1. The van der Waals surface area contributed by atoms with E-state index < -0.39 is 23.9 Å². The topological polar surface area (TPSA) is 148 Å². The van der Waals surface area contributed by atoms with Gasteiger partial charge < -0.3 is 27.2 Å². The Morgan fingerprint density at radius 2 is 1.80 bits per heavy atom. The van der Waals surface area contributed by atoms with E-state index in [0.717, 1.165) is 5.56 Å². The molecule has 1 aliphatic rings. The fraction of sp³-hybridized carbons (Fsp3) is 0.150. The molecule has 156 valence electrons. The highest BCUT2D eigenvalue weighted by Gasteiger charge is 2.32. The second-order valence-corrected chi connectivity index (χ2v) is 7.53. The average Bonchev–Trinajstić information content (AvgIpc) is 2.66. The molecule has 0 fully saturated rings. The van der Waals surface area contributed by atoms with Crippen molar-refractivity contribution < 1.29 is 19.5 Å². The molecule has 0 aromatic heterocycles. The third kappa shape index (κ3) is 4.50. The molecular weight excluding hydrogens is 431 g/mol. The van der Waals surface area contributed by atoms with Crippen molar-refractivity contribution in [1.82, 2.24) is 5.32 Å². The molecule has 1 unspecified atom stereocenters. The van der Waals surface area contributed by atoms with Crippen LogP contribution >= 0.6 is 23.2 Å². The molecule has 0 radical (unpaired) electrons. The molecule has 1 atom stereocenters. The molecule has 0 spiro atoms. The van der Waals surface area contributed by atoms with Gasteiger partial charge in [0.05, 0.1) is 10.6 Å². The first-order chi connectivity index (χ1) is 14.2. The van der Waals surface area contributed by atoms with Crippen LogP contribution in [0.2, 0.25) is 10.0 Å². The van der Waals surface area contributed by atoms with Gasteiger partial charge in [0, 0.05) is 29.2 Å². The van der Waals surface area contributed by atoms with Crippen LogP contribution < -0.4 is 22.1 Å². The van der Waals surface area contributed by atoms with E-state index in [9.17, 15) is 19.5 Å². The van der Waals surface area contributed by atoms with Crippen molar-refractivity contribution >= 4 is 57.9 Å². The summed E-state index contributed by atoms with van der Waals surface area (Å²) in [5.74, 6) is -1.82. The van der Waals surface area contributed by atoms with Gasteiger partial charge in [-0.1, -0.05) is 47.5 Å². The van der Waals surface area contributed by atoms with Gasteiger partial charge in [-0.25, -0.2) is 9.59 Å². The first kappa shape index (κ1) is 21.5. The number of hydrogen-bond donors (Lipinski definition) is 5. The summed E-state index contributed by atoms with van der Waals surface area (Å²) in [7, 11) is 0. The molecule has 8 nitrogen and oxygen atoms in total. The second-order valence-electron chi connectivity index (χ2n) is 6.68. The molecule has 0 aliphatic carbocycles. The van der Waals surface area contributed by atoms with E-state index in [1.54, 1.807) is 30.3 Å². The van der Waals surface area contributed by atoms with E-state index in [1.165, 1.54) is 6.07 Å². The molecule has 1 aliphatic heterocycles. The van der Waals surface area contributed by atoms with Crippen LogP contribution in [0.4, 0.5) is 10.5 Å². The number of primary amides is 2. The zero-order valence-corrected chi connectivity index (χ0v) is 17.1. The van der Waals surface area contributed by atoms with E-state index in [2.05, 4.69) is 10.6 Å². The lowest BCUT2D eigenvalue weighted by Gasteiger charge is -2.29. The number of hydrogen-bond acceptors (Lipinski definition) is 4. The largest absolute Gasteiger partial charge is 0.480 e. The molecule has 0 saturated carbocycles. The summed E-state index contributed by atoms with van der Waals surface area (Å²) in [6, 6.07) is 8.15. The Labute approximate surface area is 181 Å². The number of carboxylic acids is 1. The maximum Gasteiger partial charge on any atom is 0.326 e. The van der Waals surface area contributed by atoms with Crippen molar-refractivity contribution in [2.24, 2.45) is 11.5 Å². The van der Waals surface area contributed by atoms with E-state index in [0.29, 0.717) is 27.4 Å². The number of halogens is 2. The van der Waals surface area contributed by atoms with Crippen molar-refractivity contribution in [2.45, 2.75) is 19.0 Å². The number of amides is 3. The van der Waals surface area contributed by atoms with E-state index in [-0.39, 0.29) is 23.6 Å². The molecule has 30 heavy (non-hydrogen) atoms. The summed E-state index contributed by atoms with van der Waals surface area (Å²) in [6.45, 7) is 0.219. The number of fused-ring (bicyclic) bond motifs is 1. The summed E-state index contributed by atoms with van der Waals surface area (Å²) in [5, 5.41) is 15.5. The number of rotatable bonds is 5. The smallest absolute Gasteiger partial charge is 0.326 e. The molecule has 3 rings (SSSR count). The summed E-state index contributed by atoms with van der Waals surface area (Å²) in [5.41, 5.74) is 13.4. The monoisotopic (exact) mass is 448 g/mol. The van der Waals surface area contributed by atoms with Crippen molar-refractivity contribution in [1.29, 1.82) is 0 Å². The Morgan fingerprint density at radius 3 is 2.37 bits per heavy atom. The van der Waals surface area contributed by atoms with Crippen LogP contribution in [0.3, 0.4) is 0 Å². The van der Waals surface area contributed by atoms with E-state index in [1.807, 2.05) is 0 Å². The molecule has 1 heterocycles.